The molecular formula is C16H22O3. The predicted molar refractivity (Wildman–Crippen MR) is 73.7 cm³/mol. The summed E-state index contributed by atoms with van der Waals surface area (Å²) in [6.45, 7) is 1.47. The van der Waals surface area contributed by atoms with Gasteiger partial charge in [0.15, 0.2) is 11.5 Å². The summed E-state index contributed by atoms with van der Waals surface area (Å²) in [7, 11) is 0. The summed E-state index contributed by atoms with van der Waals surface area (Å²) in [5.74, 6) is 2.22. The second-order valence-corrected chi connectivity index (χ2v) is 5.63. The zero-order valence-electron chi connectivity index (χ0n) is 11.3. The molecule has 3 rings (SSSR count). The SMILES string of the molecule is OC1CCCC1CCc1ccc2c(c1)OCCCO2. The lowest BCUT2D eigenvalue weighted by Crippen LogP contribution is -2.13. The molecule has 1 aromatic rings. The van der Waals surface area contributed by atoms with E-state index >= 15 is 0 Å². The average molecular weight is 262 g/mol. The number of aryl methyl sites for hydroxylation is 1. The lowest BCUT2D eigenvalue weighted by molar-refractivity contribution is 0.128. The molecule has 2 unspecified atom stereocenters. The Bertz CT molecular complexity index is 430. The molecule has 1 N–H and O–H groups in total. The Morgan fingerprint density at radius 2 is 1.89 bits per heavy atom. The van der Waals surface area contributed by atoms with Gasteiger partial charge in [-0.25, -0.2) is 0 Å². The van der Waals surface area contributed by atoms with Crippen molar-refractivity contribution in [3.63, 3.8) is 0 Å². The highest BCUT2D eigenvalue weighted by Crippen LogP contribution is 2.33. The minimum Gasteiger partial charge on any atom is -0.490 e. The smallest absolute Gasteiger partial charge is 0.161 e. The van der Waals surface area contributed by atoms with E-state index in [1.165, 1.54) is 18.4 Å². The normalized spacial score (nSPS) is 26.2. The van der Waals surface area contributed by atoms with E-state index in [9.17, 15) is 5.11 Å². The quantitative estimate of drug-likeness (QED) is 0.910. The molecule has 2 atom stereocenters. The van der Waals surface area contributed by atoms with Crippen LogP contribution in [-0.2, 0) is 6.42 Å². The average Bonchev–Trinajstić information content (AvgIpc) is 2.70. The van der Waals surface area contributed by atoms with Crippen LogP contribution in [0, 0.1) is 5.92 Å². The van der Waals surface area contributed by atoms with Gasteiger partial charge in [-0.05, 0) is 49.3 Å². The van der Waals surface area contributed by atoms with Gasteiger partial charge in [-0.15, -0.1) is 0 Å². The lowest BCUT2D eigenvalue weighted by Gasteiger charge is -2.15. The Morgan fingerprint density at radius 1 is 1.05 bits per heavy atom. The summed E-state index contributed by atoms with van der Waals surface area (Å²) in [6.07, 6.45) is 6.27. The highest BCUT2D eigenvalue weighted by molar-refractivity contribution is 5.43. The summed E-state index contributed by atoms with van der Waals surface area (Å²) in [5.41, 5.74) is 1.28. The van der Waals surface area contributed by atoms with Gasteiger partial charge in [0.2, 0.25) is 0 Å². The molecule has 0 saturated heterocycles. The van der Waals surface area contributed by atoms with Crippen molar-refractivity contribution in [1.29, 1.82) is 0 Å². The maximum Gasteiger partial charge on any atom is 0.161 e. The molecule has 0 amide bonds. The third-order valence-corrected chi connectivity index (χ3v) is 4.23. The maximum absolute atomic E-state index is 9.85. The number of hydrogen-bond acceptors (Lipinski definition) is 3. The van der Waals surface area contributed by atoms with Crippen LogP contribution in [0.25, 0.3) is 0 Å². The van der Waals surface area contributed by atoms with Crippen LogP contribution in [0.1, 0.15) is 37.7 Å². The fourth-order valence-corrected chi connectivity index (χ4v) is 3.07. The minimum atomic E-state index is -0.0830. The number of aliphatic hydroxyl groups excluding tert-OH is 1. The Hall–Kier alpha value is -1.22. The Morgan fingerprint density at radius 3 is 2.68 bits per heavy atom. The van der Waals surface area contributed by atoms with Crippen LogP contribution in [0.15, 0.2) is 18.2 Å². The van der Waals surface area contributed by atoms with Crippen molar-refractivity contribution < 1.29 is 14.6 Å². The van der Waals surface area contributed by atoms with Crippen LogP contribution < -0.4 is 9.47 Å². The van der Waals surface area contributed by atoms with Gasteiger partial charge in [0, 0.05) is 6.42 Å². The second kappa shape index (κ2) is 5.83. The monoisotopic (exact) mass is 262 g/mol. The van der Waals surface area contributed by atoms with Crippen LogP contribution in [0.3, 0.4) is 0 Å². The highest BCUT2D eigenvalue weighted by atomic mass is 16.5. The van der Waals surface area contributed by atoms with Crippen LogP contribution in [0.4, 0.5) is 0 Å². The van der Waals surface area contributed by atoms with Crippen molar-refractivity contribution >= 4 is 0 Å². The molecule has 1 aromatic carbocycles. The molecule has 19 heavy (non-hydrogen) atoms. The fourth-order valence-electron chi connectivity index (χ4n) is 3.07. The van der Waals surface area contributed by atoms with Crippen molar-refractivity contribution in [1.82, 2.24) is 0 Å². The molecule has 3 heteroatoms. The van der Waals surface area contributed by atoms with Gasteiger partial charge >= 0.3 is 0 Å². The largest absolute Gasteiger partial charge is 0.490 e. The summed E-state index contributed by atoms with van der Waals surface area (Å²) < 4.78 is 11.3. The number of fused-ring (bicyclic) bond motifs is 1. The maximum atomic E-state index is 9.85. The zero-order valence-corrected chi connectivity index (χ0v) is 11.3. The molecular weight excluding hydrogens is 240 g/mol. The van der Waals surface area contributed by atoms with Gasteiger partial charge in [-0.3, -0.25) is 0 Å². The first-order valence-electron chi connectivity index (χ1n) is 7.39. The predicted octanol–water partition coefficient (Wildman–Crippen LogP) is 2.94. The van der Waals surface area contributed by atoms with E-state index in [1.54, 1.807) is 0 Å². The van der Waals surface area contributed by atoms with E-state index < -0.39 is 0 Å². The van der Waals surface area contributed by atoms with Crippen molar-refractivity contribution in [3.8, 4) is 11.5 Å². The van der Waals surface area contributed by atoms with E-state index in [2.05, 4.69) is 12.1 Å². The molecule has 1 aliphatic heterocycles. The van der Waals surface area contributed by atoms with Crippen molar-refractivity contribution in [3.05, 3.63) is 23.8 Å². The molecule has 0 bridgehead atoms. The highest BCUT2D eigenvalue weighted by Gasteiger charge is 2.24. The lowest BCUT2D eigenvalue weighted by atomic mass is 9.96. The van der Waals surface area contributed by atoms with E-state index in [0.29, 0.717) is 5.92 Å². The van der Waals surface area contributed by atoms with E-state index in [-0.39, 0.29) is 6.10 Å². The van der Waals surface area contributed by atoms with E-state index in [1.807, 2.05) is 6.07 Å². The van der Waals surface area contributed by atoms with Crippen molar-refractivity contribution in [2.24, 2.45) is 5.92 Å². The van der Waals surface area contributed by atoms with E-state index in [0.717, 1.165) is 50.4 Å². The van der Waals surface area contributed by atoms with Gasteiger partial charge < -0.3 is 14.6 Å². The first-order valence-corrected chi connectivity index (χ1v) is 7.39. The molecule has 0 aromatic heterocycles. The number of ether oxygens (including phenoxy) is 2. The second-order valence-electron chi connectivity index (χ2n) is 5.63. The Balaban J connectivity index is 1.63. The first kappa shape index (κ1) is 12.8. The zero-order chi connectivity index (χ0) is 13.1. The van der Waals surface area contributed by atoms with Gasteiger partial charge in [-0.2, -0.15) is 0 Å². The Labute approximate surface area is 114 Å². The summed E-state index contributed by atoms with van der Waals surface area (Å²) in [5, 5.41) is 9.85. The van der Waals surface area contributed by atoms with Crippen LogP contribution >= 0.6 is 0 Å². The molecule has 1 aliphatic carbocycles. The topological polar surface area (TPSA) is 38.7 Å². The van der Waals surface area contributed by atoms with Crippen molar-refractivity contribution in [2.75, 3.05) is 13.2 Å². The summed E-state index contributed by atoms with van der Waals surface area (Å²) in [6, 6.07) is 6.23. The molecule has 1 saturated carbocycles. The molecule has 104 valence electrons. The summed E-state index contributed by atoms with van der Waals surface area (Å²) in [4.78, 5) is 0. The minimum absolute atomic E-state index is 0.0830. The first-order chi connectivity index (χ1) is 9.33. The van der Waals surface area contributed by atoms with Gasteiger partial charge in [0.25, 0.3) is 0 Å². The molecule has 1 fully saturated rings. The third kappa shape index (κ3) is 3.03. The van der Waals surface area contributed by atoms with E-state index in [4.69, 9.17) is 9.47 Å². The Kier molecular flexibility index (Phi) is 3.92. The standard InChI is InChI=1S/C16H22O3/c17-14-4-1-3-13(14)7-5-12-6-8-15-16(11-12)19-10-2-9-18-15/h6,8,11,13-14,17H,1-5,7,9-10H2. The molecule has 0 radical (unpaired) electrons. The van der Waals surface area contributed by atoms with Gasteiger partial charge in [-0.1, -0.05) is 12.5 Å². The molecule has 2 aliphatic rings. The molecule has 1 heterocycles. The van der Waals surface area contributed by atoms with Crippen LogP contribution in [0.2, 0.25) is 0 Å². The fraction of sp³-hybridized carbons (Fsp3) is 0.625. The number of hydrogen-bond donors (Lipinski definition) is 1. The number of aliphatic hydroxyl groups is 1. The van der Waals surface area contributed by atoms with Crippen molar-refractivity contribution in [2.45, 2.75) is 44.6 Å². The summed E-state index contributed by atoms with van der Waals surface area (Å²) >= 11 is 0. The molecule has 0 spiro atoms. The van der Waals surface area contributed by atoms with Crippen LogP contribution in [0.5, 0.6) is 11.5 Å². The third-order valence-electron chi connectivity index (χ3n) is 4.23. The van der Waals surface area contributed by atoms with Gasteiger partial charge in [0.05, 0.1) is 19.3 Å². The van der Waals surface area contributed by atoms with Gasteiger partial charge in [0.1, 0.15) is 0 Å². The molecule has 3 nitrogen and oxygen atoms in total. The number of benzene rings is 1. The number of rotatable bonds is 3. The van der Waals surface area contributed by atoms with Crippen LogP contribution in [-0.4, -0.2) is 24.4 Å².